The van der Waals surface area contributed by atoms with Crippen LogP contribution in [0, 0.1) is 11.8 Å². The summed E-state index contributed by atoms with van der Waals surface area (Å²) < 4.78 is 10.4. The molecule has 3 heteroatoms. The van der Waals surface area contributed by atoms with E-state index in [1.54, 1.807) is 26.0 Å². The van der Waals surface area contributed by atoms with Crippen molar-refractivity contribution in [2.75, 3.05) is 20.5 Å². The molecule has 0 bridgehead atoms. The zero-order chi connectivity index (χ0) is 14.4. The Bertz CT molecular complexity index is 654. The minimum absolute atomic E-state index is 0.813. The van der Waals surface area contributed by atoms with Crippen LogP contribution < -0.4 is 9.47 Å². The molecule has 20 heavy (non-hydrogen) atoms. The highest BCUT2D eigenvalue weighted by Gasteiger charge is 2.01. The van der Waals surface area contributed by atoms with E-state index < -0.39 is 0 Å². The average molecular weight is 284 g/mol. The Kier molecular flexibility index (Phi) is 4.97. The average Bonchev–Trinajstić information content (AvgIpc) is 2.52. The lowest BCUT2D eigenvalue weighted by Gasteiger charge is -2.04. The second-order valence-corrected chi connectivity index (χ2v) is 4.90. The molecule has 0 aliphatic rings. The Morgan fingerprint density at radius 3 is 2.35 bits per heavy atom. The molecule has 0 N–H and O–H groups in total. The standard InChI is InChI=1S/C17H16O2S/c1-18-15-6-4-5-13(11-15)7-8-14-12-16(19-2)9-10-17(14)20-3/h4-6,9-12H,1-3H3. The van der Waals surface area contributed by atoms with Crippen molar-refractivity contribution in [3.05, 3.63) is 53.6 Å². The van der Waals surface area contributed by atoms with Gasteiger partial charge in [0.25, 0.3) is 0 Å². The number of ether oxygens (including phenoxy) is 2. The molecule has 0 unspecified atom stereocenters. The van der Waals surface area contributed by atoms with E-state index in [1.165, 1.54) is 0 Å². The highest BCUT2D eigenvalue weighted by Crippen LogP contribution is 2.24. The third kappa shape index (κ3) is 3.49. The molecular formula is C17H16O2S. The van der Waals surface area contributed by atoms with Crippen molar-refractivity contribution in [2.24, 2.45) is 0 Å². The first-order valence-electron chi connectivity index (χ1n) is 6.15. The Balaban J connectivity index is 2.35. The maximum Gasteiger partial charge on any atom is 0.120 e. The van der Waals surface area contributed by atoms with Gasteiger partial charge in [-0.2, -0.15) is 0 Å². The summed E-state index contributed by atoms with van der Waals surface area (Å²) in [4.78, 5) is 1.14. The molecule has 0 atom stereocenters. The van der Waals surface area contributed by atoms with Gasteiger partial charge < -0.3 is 9.47 Å². The number of hydrogen-bond donors (Lipinski definition) is 0. The summed E-state index contributed by atoms with van der Waals surface area (Å²) in [5.74, 6) is 7.99. The normalized spacial score (nSPS) is 9.55. The Hall–Kier alpha value is -2.05. The maximum atomic E-state index is 5.25. The molecule has 102 valence electrons. The zero-order valence-electron chi connectivity index (χ0n) is 11.8. The van der Waals surface area contributed by atoms with Crippen LogP contribution in [0.1, 0.15) is 11.1 Å². The van der Waals surface area contributed by atoms with Gasteiger partial charge in [0.15, 0.2) is 0 Å². The third-order valence-electron chi connectivity index (χ3n) is 2.82. The molecule has 0 amide bonds. The molecule has 0 heterocycles. The van der Waals surface area contributed by atoms with E-state index in [0.29, 0.717) is 0 Å². The van der Waals surface area contributed by atoms with E-state index in [4.69, 9.17) is 9.47 Å². The second kappa shape index (κ2) is 6.93. The summed E-state index contributed by atoms with van der Waals surface area (Å²) in [6, 6.07) is 13.7. The minimum atomic E-state index is 0.813. The van der Waals surface area contributed by atoms with Gasteiger partial charge in [-0.3, -0.25) is 0 Å². The van der Waals surface area contributed by atoms with E-state index in [9.17, 15) is 0 Å². The summed E-state index contributed by atoms with van der Waals surface area (Å²) in [7, 11) is 3.31. The van der Waals surface area contributed by atoms with Gasteiger partial charge in [0.05, 0.1) is 14.2 Å². The SMILES string of the molecule is COc1cccc(C#Cc2cc(OC)ccc2SC)c1. The van der Waals surface area contributed by atoms with E-state index in [0.717, 1.165) is 27.5 Å². The summed E-state index contributed by atoms with van der Waals surface area (Å²) in [6.45, 7) is 0. The molecule has 2 nitrogen and oxygen atoms in total. The van der Waals surface area contributed by atoms with Crippen LogP contribution in [-0.4, -0.2) is 20.5 Å². The quantitative estimate of drug-likeness (QED) is 0.630. The van der Waals surface area contributed by atoms with Gasteiger partial charge in [0, 0.05) is 16.0 Å². The first-order chi connectivity index (χ1) is 9.76. The third-order valence-corrected chi connectivity index (χ3v) is 3.61. The van der Waals surface area contributed by atoms with Crippen molar-refractivity contribution >= 4 is 11.8 Å². The molecule has 2 aromatic carbocycles. The fraction of sp³-hybridized carbons (Fsp3) is 0.176. The van der Waals surface area contributed by atoms with E-state index in [-0.39, 0.29) is 0 Å². The predicted octanol–water partition coefficient (Wildman–Crippen LogP) is 3.83. The van der Waals surface area contributed by atoms with Gasteiger partial charge in [0.1, 0.15) is 11.5 Å². The first-order valence-corrected chi connectivity index (χ1v) is 7.37. The van der Waals surface area contributed by atoms with E-state index >= 15 is 0 Å². The van der Waals surface area contributed by atoms with Crippen LogP contribution in [0.2, 0.25) is 0 Å². The van der Waals surface area contributed by atoms with Crippen LogP contribution in [0.3, 0.4) is 0 Å². The Morgan fingerprint density at radius 2 is 1.65 bits per heavy atom. The zero-order valence-corrected chi connectivity index (χ0v) is 12.6. The maximum absolute atomic E-state index is 5.25. The molecule has 2 rings (SSSR count). The summed E-state index contributed by atoms with van der Waals surface area (Å²) in [5, 5.41) is 0. The Morgan fingerprint density at radius 1 is 0.900 bits per heavy atom. The number of thioether (sulfide) groups is 1. The van der Waals surface area contributed by atoms with Gasteiger partial charge in [-0.05, 0) is 42.7 Å². The lowest BCUT2D eigenvalue weighted by atomic mass is 10.1. The van der Waals surface area contributed by atoms with E-state index in [2.05, 4.69) is 11.8 Å². The molecule has 0 radical (unpaired) electrons. The highest BCUT2D eigenvalue weighted by atomic mass is 32.2. The van der Waals surface area contributed by atoms with E-state index in [1.807, 2.05) is 48.7 Å². The fourth-order valence-corrected chi connectivity index (χ4v) is 2.29. The van der Waals surface area contributed by atoms with Crippen LogP contribution >= 0.6 is 11.8 Å². The molecule has 0 aliphatic heterocycles. The van der Waals surface area contributed by atoms with Crippen LogP contribution in [0.25, 0.3) is 0 Å². The number of hydrogen-bond acceptors (Lipinski definition) is 3. The molecule has 0 saturated carbocycles. The largest absolute Gasteiger partial charge is 0.497 e. The molecule has 0 fully saturated rings. The van der Waals surface area contributed by atoms with Crippen molar-refractivity contribution in [1.82, 2.24) is 0 Å². The second-order valence-electron chi connectivity index (χ2n) is 4.05. The van der Waals surface area contributed by atoms with Gasteiger partial charge in [-0.1, -0.05) is 17.9 Å². The van der Waals surface area contributed by atoms with Crippen molar-refractivity contribution in [3.8, 4) is 23.3 Å². The predicted molar refractivity (Wildman–Crippen MR) is 83.7 cm³/mol. The highest BCUT2D eigenvalue weighted by molar-refractivity contribution is 7.98. The van der Waals surface area contributed by atoms with Gasteiger partial charge in [-0.15, -0.1) is 11.8 Å². The molecule has 2 aromatic rings. The van der Waals surface area contributed by atoms with Crippen LogP contribution in [-0.2, 0) is 0 Å². The summed E-state index contributed by atoms with van der Waals surface area (Å²) in [6.07, 6.45) is 2.04. The Labute approximate surface area is 124 Å². The number of benzene rings is 2. The van der Waals surface area contributed by atoms with Crippen molar-refractivity contribution in [1.29, 1.82) is 0 Å². The van der Waals surface area contributed by atoms with Gasteiger partial charge >= 0.3 is 0 Å². The fourth-order valence-electron chi connectivity index (χ4n) is 1.75. The van der Waals surface area contributed by atoms with Gasteiger partial charge in [-0.25, -0.2) is 0 Å². The number of rotatable bonds is 3. The molecule has 0 aromatic heterocycles. The molecule has 0 saturated heterocycles. The monoisotopic (exact) mass is 284 g/mol. The molecule has 0 aliphatic carbocycles. The van der Waals surface area contributed by atoms with Crippen LogP contribution in [0.4, 0.5) is 0 Å². The number of methoxy groups -OCH3 is 2. The minimum Gasteiger partial charge on any atom is -0.497 e. The van der Waals surface area contributed by atoms with Gasteiger partial charge in [0.2, 0.25) is 0 Å². The van der Waals surface area contributed by atoms with Crippen molar-refractivity contribution in [3.63, 3.8) is 0 Å². The first kappa shape index (κ1) is 14.4. The summed E-state index contributed by atoms with van der Waals surface area (Å²) >= 11 is 1.67. The van der Waals surface area contributed by atoms with Crippen LogP contribution in [0.5, 0.6) is 11.5 Å². The van der Waals surface area contributed by atoms with Crippen molar-refractivity contribution < 1.29 is 9.47 Å². The lowest BCUT2D eigenvalue weighted by Crippen LogP contribution is -1.87. The van der Waals surface area contributed by atoms with Crippen molar-refractivity contribution in [2.45, 2.75) is 4.90 Å². The topological polar surface area (TPSA) is 18.5 Å². The molecule has 0 spiro atoms. The van der Waals surface area contributed by atoms with Crippen LogP contribution in [0.15, 0.2) is 47.4 Å². The smallest absolute Gasteiger partial charge is 0.120 e. The lowest BCUT2D eigenvalue weighted by molar-refractivity contribution is 0.414. The molecular weight excluding hydrogens is 268 g/mol. The summed E-state index contributed by atoms with van der Waals surface area (Å²) in [5.41, 5.74) is 1.90.